The summed E-state index contributed by atoms with van der Waals surface area (Å²) in [5.74, 6) is 0.174. The van der Waals surface area contributed by atoms with Crippen LogP contribution in [-0.4, -0.2) is 53.7 Å². The minimum Gasteiger partial charge on any atom is -0.480 e. The first-order valence-electron chi connectivity index (χ1n) is 7.68. The van der Waals surface area contributed by atoms with E-state index in [1.165, 1.54) is 7.11 Å². The summed E-state index contributed by atoms with van der Waals surface area (Å²) in [6, 6.07) is 1.65. The predicted octanol–water partition coefficient (Wildman–Crippen LogP) is 2.43. The van der Waals surface area contributed by atoms with E-state index in [1.54, 1.807) is 17.2 Å². The first-order valence-corrected chi connectivity index (χ1v) is 8.76. The van der Waals surface area contributed by atoms with Crippen molar-refractivity contribution in [1.82, 2.24) is 15.2 Å². The summed E-state index contributed by atoms with van der Waals surface area (Å²) in [5, 5.41) is 2.81. The topological polar surface area (TPSA) is 80.8 Å². The third-order valence-electron chi connectivity index (χ3n) is 3.47. The van der Waals surface area contributed by atoms with Gasteiger partial charge in [-0.3, -0.25) is 4.79 Å². The van der Waals surface area contributed by atoms with E-state index < -0.39 is 11.7 Å². The highest BCUT2D eigenvalue weighted by molar-refractivity contribution is 14.1. The average molecular weight is 447 g/mol. The van der Waals surface area contributed by atoms with Gasteiger partial charge in [-0.1, -0.05) is 0 Å². The molecule has 8 heteroatoms. The number of carbonyl (C=O) groups excluding carboxylic acids is 2. The van der Waals surface area contributed by atoms with Crippen LogP contribution < -0.4 is 10.1 Å². The fraction of sp³-hybridized carbons (Fsp3) is 0.562. The molecule has 1 atom stereocenters. The maximum Gasteiger partial charge on any atom is 0.407 e. The molecule has 1 saturated heterocycles. The van der Waals surface area contributed by atoms with Crippen LogP contribution in [0, 0.1) is 3.57 Å². The zero-order valence-electron chi connectivity index (χ0n) is 14.3. The van der Waals surface area contributed by atoms with Gasteiger partial charge in [0.1, 0.15) is 11.2 Å². The Morgan fingerprint density at radius 3 is 2.75 bits per heavy atom. The second kappa shape index (κ2) is 7.54. The molecule has 0 spiro atoms. The largest absolute Gasteiger partial charge is 0.480 e. The molecule has 1 aromatic rings. The number of methoxy groups -OCH3 is 1. The number of hydrogen-bond donors (Lipinski definition) is 1. The third kappa shape index (κ3) is 4.71. The smallest absolute Gasteiger partial charge is 0.407 e. The normalized spacial score (nSPS) is 17.5. The number of nitrogens with one attached hydrogen (secondary N) is 1. The van der Waals surface area contributed by atoms with Gasteiger partial charge in [-0.2, -0.15) is 0 Å². The Morgan fingerprint density at radius 2 is 2.12 bits per heavy atom. The third-order valence-corrected chi connectivity index (χ3v) is 4.37. The van der Waals surface area contributed by atoms with Gasteiger partial charge in [-0.15, -0.1) is 0 Å². The lowest BCUT2D eigenvalue weighted by Gasteiger charge is -2.22. The van der Waals surface area contributed by atoms with Crippen molar-refractivity contribution < 1.29 is 19.1 Å². The molecule has 2 heterocycles. The van der Waals surface area contributed by atoms with Crippen molar-refractivity contribution in [1.29, 1.82) is 0 Å². The van der Waals surface area contributed by atoms with Crippen LogP contribution >= 0.6 is 22.6 Å². The lowest BCUT2D eigenvalue weighted by molar-refractivity contribution is 0.0502. The van der Waals surface area contributed by atoms with Crippen LogP contribution in [0.3, 0.4) is 0 Å². The second-order valence-corrected chi connectivity index (χ2v) is 7.72. The number of aromatic nitrogens is 1. The minimum atomic E-state index is -0.544. The van der Waals surface area contributed by atoms with Crippen LogP contribution in [0.4, 0.5) is 4.79 Å². The van der Waals surface area contributed by atoms with Crippen molar-refractivity contribution in [2.45, 2.75) is 38.8 Å². The van der Waals surface area contributed by atoms with Crippen molar-refractivity contribution in [3.8, 4) is 5.88 Å². The molecule has 1 aromatic heterocycles. The number of alkyl carbamates (subject to hydrolysis) is 1. The molecule has 0 saturated carbocycles. The Balaban J connectivity index is 2.01. The molecular weight excluding hydrogens is 425 g/mol. The fourth-order valence-electron chi connectivity index (χ4n) is 2.46. The minimum absolute atomic E-state index is 0.121. The van der Waals surface area contributed by atoms with Gasteiger partial charge < -0.3 is 19.7 Å². The quantitative estimate of drug-likeness (QED) is 0.721. The van der Waals surface area contributed by atoms with Crippen LogP contribution in [0.25, 0.3) is 0 Å². The number of rotatable bonds is 3. The summed E-state index contributed by atoms with van der Waals surface area (Å²) in [6.45, 7) is 6.44. The van der Waals surface area contributed by atoms with Gasteiger partial charge in [0, 0.05) is 22.9 Å². The monoisotopic (exact) mass is 447 g/mol. The fourth-order valence-corrected chi connectivity index (χ4v) is 3.09. The SMILES string of the molecule is COc1nccc(I)c1C(=O)N1CCC(NC(=O)OC(C)(C)C)C1. The highest BCUT2D eigenvalue weighted by atomic mass is 127. The molecule has 24 heavy (non-hydrogen) atoms. The van der Waals surface area contributed by atoms with Crippen LogP contribution in [-0.2, 0) is 4.74 Å². The molecule has 1 N–H and O–H groups in total. The van der Waals surface area contributed by atoms with E-state index in [9.17, 15) is 9.59 Å². The number of ether oxygens (including phenoxy) is 2. The number of pyridine rings is 1. The van der Waals surface area contributed by atoms with Gasteiger partial charge >= 0.3 is 6.09 Å². The first kappa shape index (κ1) is 18.8. The zero-order valence-corrected chi connectivity index (χ0v) is 16.4. The van der Waals surface area contributed by atoms with E-state index in [0.29, 0.717) is 31.0 Å². The van der Waals surface area contributed by atoms with Crippen molar-refractivity contribution in [2.75, 3.05) is 20.2 Å². The zero-order chi connectivity index (χ0) is 17.9. The highest BCUT2D eigenvalue weighted by Gasteiger charge is 2.31. The van der Waals surface area contributed by atoms with Crippen molar-refractivity contribution in [3.63, 3.8) is 0 Å². The summed E-state index contributed by atoms with van der Waals surface area (Å²) in [4.78, 5) is 30.4. The number of hydrogen-bond acceptors (Lipinski definition) is 5. The molecule has 132 valence electrons. The van der Waals surface area contributed by atoms with E-state index in [4.69, 9.17) is 9.47 Å². The Hall–Kier alpha value is -1.58. The van der Waals surface area contributed by atoms with Crippen LogP contribution in [0.1, 0.15) is 37.6 Å². The van der Waals surface area contributed by atoms with E-state index in [-0.39, 0.29) is 11.9 Å². The molecule has 1 aliphatic rings. The molecule has 0 aliphatic carbocycles. The Morgan fingerprint density at radius 1 is 1.42 bits per heavy atom. The predicted molar refractivity (Wildman–Crippen MR) is 97.2 cm³/mol. The van der Waals surface area contributed by atoms with E-state index in [2.05, 4.69) is 32.9 Å². The summed E-state index contributed by atoms with van der Waals surface area (Å²) >= 11 is 2.09. The maximum absolute atomic E-state index is 12.8. The van der Waals surface area contributed by atoms with Gasteiger partial charge in [-0.25, -0.2) is 9.78 Å². The molecule has 1 fully saturated rings. The Kier molecular flexibility index (Phi) is 5.89. The molecule has 0 aromatic carbocycles. The number of carbonyl (C=O) groups is 2. The molecular formula is C16H22IN3O4. The first-order chi connectivity index (χ1) is 11.2. The number of amides is 2. The summed E-state index contributed by atoms with van der Waals surface area (Å²) in [5.41, 5.74) is -0.0873. The summed E-state index contributed by atoms with van der Waals surface area (Å²) in [7, 11) is 1.49. The molecule has 0 bridgehead atoms. The molecule has 1 unspecified atom stereocenters. The molecule has 7 nitrogen and oxygen atoms in total. The average Bonchev–Trinajstić information content (AvgIpc) is 2.92. The van der Waals surface area contributed by atoms with Crippen LogP contribution in [0.15, 0.2) is 12.3 Å². The van der Waals surface area contributed by atoms with Crippen LogP contribution in [0.5, 0.6) is 5.88 Å². The summed E-state index contributed by atoms with van der Waals surface area (Å²) in [6.07, 6.45) is 1.83. The Bertz CT molecular complexity index is 630. The van der Waals surface area contributed by atoms with Gasteiger partial charge in [-0.05, 0) is 55.8 Å². The lowest BCUT2D eigenvalue weighted by Crippen LogP contribution is -2.41. The maximum atomic E-state index is 12.8. The molecule has 2 rings (SSSR count). The standard InChI is InChI=1S/C16H22IN3O4/c1-16(2,3)24-15(22)19-10-6-8-20(9-10)14(21)12-11(17)5-7-18-13(12)23-4/h5,7,10H,6,8-9H2,1-4H3,(H,19,22). The van der Waals surface area contributed by atoms with Gasteiger partial charge in [0.25, 0.3) is 5.91 Å². The van der Waals surface area contributed by atoms with Crippen molar-refractivity contribution in [2.24, 2.45) is 0 Å². The van der Waals surface area contributed by atoms with Gasteiger partial charge in [0.05, 0.1) is 13.2 Å². The molecule has 0 radical (unpaired) electrons. The van der Waals surface area contributed by atoms with Crippen molar-refractivity contribution >= 4 is 34.6 Å². The highest BCUT2D eigenvalue weighted by Crippen LogP contribution is 2.24. The van der Waals surface area contributed by atoms with E-state index >= 15 is 0 Å². The second-order valence-electron chi connectivity index (χ2n) is 6.56. The van der Waals surface area contributed by atoms with Gasteiger partial charge in [0.2, 0.25) is 5.88 Å². The number of nitrogens with zero attached hydrogens (tertiary/aromatic N) is 2. The lowest BCUT2D eigenvalue weighted by atomic mass is 10.2. The van der Waals surface area contributed by atoms with Gasteiger partial charge in [0.15, 0.2) is 0 Å². The summed E-state index contributed by atoms with van der Waals surface area (Å²) < 4.78 is 11.2. The van der Waals surface area contributed by atoms with Crippen molar-refractivity contribution in [3.05, 3.63) is 21.4 Å². The number of likely N-dealkylation sites (tertiary alicyclic amines) is 1. The molecule has 1 aliphatic heterocycles. The van der Waals surface area contributed by atoms with Crippen LogP contribution in [0.2, 0.25) is 0 Å². The molecule has 2 amide bonds. The number of halogens is 1. The van der Waals surface area contributed by atoms with E-state index in [0.717, 1.165) is 3.57 Å². The van der Waals surface area contributed by atoms with E-state index in [1.807, 2.05) is 20.8 Å². The Labute approximate surface area is 155 Å².